The smallest absolute Gasteiger partial charge is 0.254 e. The van der Waals surface area contributed by atoms with E-state index in [4.69, 9.17) is 4.74 Å². The number of nitrogens with zero attached hydrogens (tertiary/aromatic N) is 2. The SMILES string of the molecule is COc1ccc2[nH]c(C=C3NC=CN=C3C3C=NNC3=O)cc2c1. The molecule has 3 N–H and O–H groups in total. The molecule has 0 aliphatic carbocycles. The molecule has 2 aliphatic heterocycles. The van der Waals surface area contributed by atoms with Gasteiger partial charge in [-0.1, -0.05) is 0 Å². The van der Waals surface area contributed by atoms with E-state index in [0.29, 0.717) is 5.71 Å². The van der Waals surface area contributed by atoms with Crippen molar-refractivity contribution in [1.29, 1.82) is 0 Å². The van der Waals surface area contributed by atoms with E-state index in [9.17, 15) is 4.79 Å². The fourth-order valence-electron chi connectivity index (χ4n) is 2.75. The van der Waals surface area contributed by atoms with Crippen LogP contribution in [0, 0.1) is 5.92 Å². The number of amides is 1. The summed E-state index contributed by atoms with van der Waals surface area (Å²) in [6.45, 7) is 0. The lowest BCUT2D eigenvalue weighted by atomic mass is 10.0. The first-order valence-electron chi connectivity index (χ1n) is 7.46. The van der Waals surface area contributed by atoms with Gasteiger partial charge in [-0.25, -0.2) is 5.43 Å². The fourth-order valence-corrected chi connectivity index (χ4v) is 2.75. The van der Waals surface area contributed by atoms with Gasteiger partial charge in [0.2, 0.25) is 0 Å². The minimum Gasteiger partial charge on any atom is -0.497 e. The average molecular weight is 321 g/mol. The third kappa shape index (κ3) is 2.45. The molecule has 1 unspecified atom stereocenters. The molecular weight excluding hydrogens is 306 g/mol. The number of H-pyrrole nitrogens is 1. The number of aliphatic imine (C=N–C) groups is 1. The highest BCUT2D eigenvalue weighted by atomic mass is 16.5. The van der Waals surface area contributed by atoms with E-state index in [2.05, 4.69) is 25.8 Å². The normalized spacial score (nSPS) is 21.0. The highest BCUT2D eigenvalue weighted by Crippen LogP contribution is 2.23. The zero-order chi connectivity index (χ0) is 16.5. The summed E-state index contributed by atoms with van der Waals surface area (Å²) in [7, 11) is 1.64. The molecule has 0 fully saturated rings. The van der Waals surface area contributed by atoms with Crippen LogP contribution in [0.25, 0.3) is 17.0 Å². The molecule has 0 bridgehead atoms. The Balaban J connectivity index is 1.71. The fraction of sp³-hybridized carbons (Fsp3) is 0.118. The molecule has 24 heavy (non-hydrogen) atoms. The number of hydrogen-bond acceptors (Lipinski definition) is 5. The zero-order valence-corrected chi connectivity index (χ0v) is 12.9. The van der Waals surface area contributed by atoms with Crippen LogP contribution in [0.4, 0.5) is 0 Å². The van der Waals surface area contributed by atoms with Crippen LogP contribution in [0.3, 0.4) is 0 Å². The largest absolute Gasteiger partial charge is 0.497 e. The number of aromatic amines is 1. The Kier molecular flexibility index (Phi) is 3.38. The average Bonchev–Trinajstić information content (AvgIpc) is 3.20. The first-order chi connectivity index (χ1) is 11.7. The number of hydrogen-bond donors (Lipinski definition) is 3. The Labute approximate surface area is 137 Å². The second-order valence-corrected chi connectivity index (χ2v) is 5.44. The van der Waals surface area contributed by atoms with Crippen LogP contribution in [0.1, 0.15) is 5.69 Å². The van der Waals surface area contributed by atoms with Gasteiger partial charge in [-0.05, 0) is 30.3 Å². The van der Waals surface area contributed by atoms with Gasteiger partial charge in [0.15, 0.2) is 0 Å². The van der Waals surface area contributed by atoms with Crippen molar-refractivity contribution in [2.75, 3.05) is 7.11 Å². The van der Waals surface area contributed by atoms with E-state index in [1.165, 1.54) is 0 Å². The number of carbonyl (C=O) groups excluding carboxylic acids is 1. The van der Waals surface area contributed by atoms with Gasteiger partial charge in [-0.3, -0.25) is 9.79 Å². The summed E-state index contributed by atoms with van der Waals surface area (Å²) in [6.07, 6.45) is 6.84. The molecule has 0 spiro atoms. The monoisotopic (exact) mass is 321 g/mol. The van der Waals surface area contributed by atoms with E-state index in [1.54, 1.807) is 25.7 Å². The maximum atomic E-state index is 11.9. The first kappa shape index (κ1) is 14.3. The van der Waals surface area contributed by atoms with Gasteiger partial charge in [-0.2, -0.15) is 5.10 Å². The van der Waals surface area contributed by atoms with E-state index >= 15 is 0 Å². The van der Waals surface area contributed by atoms with Crippen molar-refractivity contribution < 1.29 is 9.53 Å². The molecule has 0 saturated carbocycles. The Morgan fingerprint density at radius 3 is 3.00 bits per heavy atom. The van der Waals surface area contributed by atoms with Crippen LogP contribution in [-0.2, 0) is 4.79 Å². The van der Waals surface area contributed by atoms with Gasteiger partial charge in [-0.15, -0.1) is 0 Å². The van der Waals surface area contributed by atoms with Gasteiger partial charge in [0.05, 0.1) is 18.5 Å². The Bertz CT molecular complexity index is 936. The van der Waals surface area contributed by atoms with Gasteiger partial charge in [0, 0.05) is 35.2 Å². The van der Waals surface area contributed by atoms with Crippen molar-refractivity contribution in [3.05, 3.63) is 48.1 Å². The lowest BCUT2D eigenvalue weighted by Gasteiger charge is -2.16. The second kappa shape index (κ2) is 5.69. The molecule has 1 amide bonds. The maximum absolute atomic E-state index is 11.9. The summed E-state index contributed by atoms with van der Waals surface area (Å²) in [5.41, 5.74) is 5.73. The van der Waals surface area contributed by atoms with Crippen LogP contribution in [0.2, 0.25) is 0 Å². The summed E-state index contributed by atoms with van der Waals surface area (Å²) in [4.78, 5) is 19.5. The van der Waals surface area contributed by atoms with Crippen LogP contribution < -0.4 is 15.5 Å². The molecule has 120 valence electrons. The molecular formula is C17H15N5O2. The van der Waals surface area contributed by atoms with Gasteiger partial charge in [0.1, 0.15) is 11.7 Å². The number of hydrazone groups is 1. The lowest BCUT2D eigenvalue weighted by molar-refractivity contribution is -0.120. The standard InChI is InChI=1S/C17H15N5O2/c1-24-12-2-3-14-10(7-12)6-11(21-14)8-15-16(19-5-4-18-15)13-9-20-22-17(13)23/h2-9,13,18,21H,1H3,(H,22,23). The topological polar surface area (TPSA) is 90.9 Å². The lowest BCUT2D eigenvalue weighted by Crippen LogP contribution is -2.32. The van der Waals surface area contributed by atoms with Crippen molar-refractivity contribution >= 4 is 34.8 Å². The number of methoxy groups -OCH3 is 1. The highest BCUT2D eigenvalue weighted by Gasteiger charge is 2.29. The van der Waals surface area contributed by atoms with E-state index in [-0.39, 0.29) is 5.91 Å². The molecule has 1 aromatic carbocycles. The van der Waals surface area contributed by atoms with Crippen molar-refractivity contribution in [2.24, 2.45) is 16.0 Å². The maximum Gasteiger partial charge on any atom is 0.254 e. The molecule has 7 nitrogen and oxygen atoms in total. The third-order valence-corrected chi connectivity index (χ3v) is 3.93. The number of aromatic nitrogens is 1. The van der Waals surface area contributed by atoms with E-state index in [0.717, 1.165) is 28.0 Å². The Morgan fingerprint density at radius 1 is 1.29 bits per heavy atom. The van der Waals surface area contributed by atoms with Crippen molar-refractivity contribution in [1.82, 2.24) is 15.7 Å². The third-order valence-electron chi connectivity index (χ3n) is 3.93. The summed E-state index contributed by atoms with van der Waals surface area (Å²) >= 11 is 0. The molecule has 1 atom stereocenters. The van der Waals surface area contributed by atoms with Gasteiger partial charge in [0.25, 0.3) is 5.91 Å². The molecule has 1 aromatic heterocycles. The van der Waals surface area contributed by atoms with Crippen LogP contribution in [0.5, 0.6) is 5.75 Å². The number of allylic oxidation sites excluding steroid dienone is 1. The molecule has 2 aliphatic rings. The predicted molar refractivity (Wildman–Crippen MR) is 92.7 cm³/mol. The number of fused-ring (bicyclic) bond motifs is 1. The minimum absolute atomic E-state index is 0.182. The summed E-state index contributed by atoms with van der Waals surface area (Å²) < 4.78 is 5.25. The van der Waals surface area contributed by atoms with Crippen molar-refractivity contribution in [2.45, 2.75) is 0 Å². The molecule has 3 heterocycles. The summed E-state index contributed by atoms with van der Waals surface area (Å²) in [6, 6.07) is 7.86. The Hall–Kier alpha value is -3.35. The number of ether oxygens (including phenoxy) is 1. The molecule has 7 heteroatoms. The highest BCUT2D eigenvalue weighted by molar-refractivity contribution is 6.24. The quantitative estimate of drug-likeness (QED) is 0.804. The second-order valence-electron chi connectivity index (χ2n) is 5.44. The number of rotatable bonds is 3. The molecule has 0 radical (unpaired) electrons. The number of nitrogens with one attached hydrogen (secondary N) is 3. The van der Waals surface area contributed by atoms with Crippen LogP contribution in [-0.4, -0.2) is 29.9 Å². The first-order valence-corrected chi connectivity index (χ1v) is 7.46. The van der Waals surface area contributed by atoms with Crippen molar-refractivity contribution in [3.8, 4) is 5.75 Å². The predicted octanol–water partition coefficient (Wildman–Crippen LogP) is 1.76. The van der Waals surface area contributed by atoms with Crippen molar-refractivity contribution in [3.63, 3.8) is 0 Å². The van der Waals surface area contributed by atoms with E-state index < -0.39 is 5.92 Å². The summed E-state index contributed by atoms with van der Waals surface area (Å²) in [5, 5.41) is 8.00. The summed E-state index contributed by atoms with van der Waals surface area (Å²) in [5.74, 6) is 0.136. The van der Waals surface area contributed by atoms with Crippen LogP contribution >= 0.6 is 0 Å². The Morgan fingerprint density at radius 2 is 2.21 bits per heavy atom. The molecule has 4 rings (SSSR count). The zero-order valence-electron chi connectivity index (χ0n) is 12.9. The van der Waals surface area contributed by atoms with Crippen LogP contribution in [0.15, 0.2) is 52.5 Å². The van der Waals surface area contributed by atoms with Gasteiger partial charge < -0.3 is 15.0 Å². The molecule has 2 aromatic rings. The van der Waals surface area contributed by atoms with Gasteiger partial charge >= 0.3 is 0 Å². The van der Waals surface area contributed by atoms with E-state index in [1.807, 2.05) is 30.3 Å². The minimum atomic E-state index is -0.488. The number of benzene rings is 1. The molecule has 0 saturated heterocycles. The number of carbonyl (C=O) groups is 1.